The fraction of sp³-hybridized carbons (Fsp3) is 0.636. The molecule has 5 heteroatoms. The van der Waals surface area contributed by atoms with Crippen LogP contribution < -0.4 is 11.1 Å². The van der Waals surface area contributed by atoms with Crippen molar-refractivity contribution >= 4 is 11.8 Å². The molecule has 90 valence electrons. The molecule has 1 heterocycles. The van der Waals surface area contributed by atoms with Gasteiger partial charge < -0.3 is 16.0 Å². The molecule has 1 aromatic rings. The molecule has 0 fully saturated rings. The van der Waals surface area contributed by atoms with Crippen LogP contribution in [0.3, 0.4) is 0 Å². The van der Waals surface area contributed by atoms with E-state index in [1.54, 1.807) is 12.3 Å². The maximum Gasteiger partial charge on any atom is 0.224 e. The van der Waals surface area contributed by atoms with Crippen molar-refractivity contribution in [2.45, 2.75) is 26.8 Å². The molecule has 0 bridgehead atoms. The second-order valence-corrected chi connectivity index (χ2v) is 3.84. The van der Waals surface area contributed by atoms with Crippen LogP contribution >= 0.6 is 0 Å². The molecule has 1 unspecified atom stereocenters. The van der Waals surface area contributed by atoms with Crippen LogP contribution in [0.15, 0.2) is 12.3 Å². The van der Waals surface area contributed by atoms with Crippen molar-refractivity contribution in [2.24, 2.45) is 0 Å². The highest BCUT2D eigenvalue weighted by atomic mass is 15.2. The maximum absolute atomic E-state index is 5.59. The molecule has 1 aromatic heterocycles. The number of likely N-dealkylation sites (N-methyl/N-ethyl adjacent to an activating group) is 1. The Morgan fingerprint density at radius 2 is 2.12 bits per heavy atom. The monoisotopic (exact) mass is 223 g/mol. The fourth-order valence-electron chi connectivity index (χ4n) is 1.58. The van der Waals surface area contributed by atoms with Crippen molar-refractivity contribution in [2.75, 3.05) is 30.7 Å². The van der Waals surface area contributed by atoms with Gasteiger partial charge in [0.05, 0.1) is 0 Å². The zero-order chi connectivity index (χ0) is 12.0. The van der Waals surface area contributed by atoms with Crippen molar-refractivity contribution in [3.8, 4) is 0 Å². The van der Waals surface area contributed by atoms with Crippen LogP contribution in [-0.2, 0) is 0 Å². The standard InChI is InChI=1S/C11H21N5/c1-4-16(5-2)8-9(3)14-11-13-7-6-10(12)15-11/h6-7,9H,4-5,8H2,1-3H3,(H3,12,13,14,15). The summed E-state index contributed by atoms with van der Waals surface area (Å²) in [5.41, 5.74) is 5.59. The Bertz CT molecular complexity index is 311. The van der Waals surface area contributed by atoms with E-state index in [1.807, 2.05) is 0 Å². The van der Waals surface area contributed by atoms with Gasteiger partial charge in [-0.1, -0.05) is 13.8 Å². The Kier molecular flexibility index (Phi) is 4.98. The molecule has 0 aliphatic carbocycles. The first-order chi connectivity index (χ1) is 7.65. The van der Waals surface area contributed by atoms with E-state index in [9.17, 15) is 0 Å². The summed E-state index contributed by atoms with van der Waals surface area (Å²) in [5, 5.41) is 3.24. The normalized spacial score (nSPS) is 12.8. The van der Waals surface area contributed by atoms with Gasteiger partial charge >= 0.3 is 0 Å². The zero-order valence-corrected chi connectivity index (χ0v) is 10.3. The highest BCUT2D eigenvalue weighted by Gasteiger charge is 2.08. The number of nitrogens with zero attached hydrogens (tertiary/aromatic N) is 3. The summed E-state index contributed by atoms with van der Waals surface area (Å²) in [6.45, 7) is 9.52. The average molecular weight is 223 g/mol. The molecule has 0 aliphatic rings. The Labute approximate surface area is 97.1 Å². The predicted molar refractivity (Wildman–Crippen MR) is 67.3 cm³/mol. The smallest absolute Gasteiger partial charge is 0.224 e. The van der Waals surface area contributed by atoms with Gasteiger partial charge in [-0.3, -0.25) is 0 Å². The van der Waals surface area contributed by atoms with E-state index >= 15 is 0 Å². The van der Waals surface area contributed by atoms with Crippen LogP contribution in [0.1, 0.15) is 20.8 Å². The van der Waals surface area contributed by atoms with E-state index in [-0.39, 0.29) is 0 Å². The summed E-state index contributed by atoms with van der Waals surface area (Å²) in [6.07, 6.45) is 1.66. The van der Waals surface area contributed by atoms with Crippen molar-refractivity contribution < 1.29 is 0 Å². The Balaban J connectivity index is 2.47. The van der Waals surface area contributed by atoms with E-state index in [0.717, 1.165) is 19.6 Å². The van der Waals surface area contributed by atoms with Gasteiger partial charge in [0, 0.05) is 18.8 Å². The number of anilines is 2. The molecular formula is C11H21N5. The third-order valence-electron chi connectivity index (χ3n) is 2.48. The summed E-state index contributed by atoms with van der Waals surface area (Å²) in [5.74, 6) is 1.09. The molecule has 16 heavy (non-hydrogen) atoms. The lowest BCUT2D eigenvalue weighted by molar-refractivity contribution is 0.294. The minimum atomic E-state index is 0.307. The first-order valence-electron chi connectivity index (χ1n) is 5.73. The second kappa shape index (κ2) is 6.27. The largest absolute Gasteiger partial charge is 0.384 e. The fourth-order valence-corrected chi connectivity index (χ4v) is 1.58. The molecule has 3 N–H and O–H groups in total. The molecule has 0 spiro atoms. The molecule has 0 aromatic carbocycles. The van der Waals surface area contributed by atoms with Gasteiger partial charge in [0.1, 0.15) is 5.82 Å². The molecule has 0 radical (unpaired) electrons. The van der Waals surface area contributed by atoms with Gasteiger partial charge in [-0.15, -0.1) is 0 Å². The van der Waals surface area contributed by atoms with Crippen molar-refractivity contribution in [1.29, 1.82) is 0 Å². The van der Waals surface area contributed by atoms with Gasteiger partial charge in [0.2, 0.25) is 5.95 Å². The SMILES string of the molecule is CCN(CC)CC(C)Nc1nccc(N)n1. The van der Waals surface area contributed by atoms with Gasteiger partial charge in [-0.2, -0.15) is 4.98 Å². The number of nitrogen functional groups attached to an aromatic ring is 1. The minimum Gasteiger partial charge on any atom is -0.384 e. The molecule has 0 aliphatic heterocycles. The number of hydrogen-bond donors (Lipinski definition) is 2. The third-order valence-corrected chi connectivity index (χ3v) is 2.48. The molecular weight excluding hydrogens is 202 g/mol. The molecule has 0 saturated heterocycles. The van der Waals surface area contributed by atoms with Crippen molar-refractivity contribution in [1.82, 2.24) is 14.9 Å². The number of nitrogens with one attached hydrogen (secondary N) is 1. The van der Waals surface area contributed by atoms with Gasteiger partial charge in [0.15, 0.2) is 0 Å². The van der Waals surface area contributed by atoms with Gasteiger partial charge in [0.25, 0.3) is 0 Å². The maximum atomic E-state index is 5.59. The topological polar surface area (TPSA) is 67.1 Å². The molecule has 1 atom stereocenters. The van der Waals surface area contributed by atoms with Crippen LogP contribution in [-0.4, -0.2) is 40.5 Å². The molecule has 5 nitrogen and oxygen atoms in total. The van der Waals surface area contributed by atoms with Crippen LogP contribution in [0.5, 0.6) is 0 Å². The summed E-state index contributed by atoms with van der Waals surface area (Å²) in [6, 6.07) is 1.99. The predicted octanol–water partition coefficient (Wildman–Crippen LogP) is 1.20. The van der Waals surface area contributed by atoms with E-state index < -0.39 is 0 Å². The first-order valence-corrected chi connectivity index (χ1v) is 5.73. The molecule has 0 saturated carbocycles. The highest BCUT2D eigenvalue weighted by Crippen LogP contribution is 2.04. The third kappa shape index (κ3) is 4.02. The van der Waals surface area contributed by atoms with Gasteiger partial charge in [-0.05, 0) is 26.1 Å². The Morgan fingerprint density at radius 1 is 1.44 bits per heavy atom. The Hall–Kier alpha value is -1.36. The highest BCUT2D eigenvalue weighted by molar-refractivity contribution is 5.35. The summed E-state index contributed by atoms with van der Waals surface area (Å²) >= 11 is 0. The summed E-state index contributed by atoms with van der Waals surface area (Å²) in [7, 11) is 0. The van der Waals surface area contributed by atoms with Crippen molar-refractivity contribution in [3.63, 3.8) is 0 Å². The van der Waals surface area contributed by atoms with Crippen LogP contribution in [0.4, 0.5) is 11.8 Å². The van der Waals surface area contributed by atoms with Gasteiger partial charge in [-0.25, -0.2) is 4.98 Å². The number of hydrogen-bond acceptors (Lipinski definition) is 5. The second-order valence-electron chi connectivity index (χ2n) is 3.84. The quantitative estimate of drug-likeness (QED) is 0.758. The molecule has 0 amide bonds. The summed E-state index contributed by atoms with van der Waals surface area (Å²) < 4.78 is 0. The van der Waals surface area contributed by atoms with E-state index in [4.69, 9.17) is 5.73 Å². The lowest BCUT2D eigenvalue weighted by Crippen LogP contribution is -2.35. The van der Waals surface area contributed by atoms with E-state index in [2.05, 4.69) is 41.0 Å². The van der Waals surface area contributed by atoms with Crippen LogP contribution in [0.2, 0.25) is 0 Å². The van der Waals surface area contributed by atoms with Crippen LogP contribution in [0, 0.1) is 0 Å². The zero-order valence-electron chi connectivity index (χ0n) is 10.3. The number of nitrogens with two attached hydrogens (primary N) is 1. The number of rotatable bonds is 6. The Morgan fingerprint density at radius 3 is 2.69 bits per heavy atom. The van der Waals surface area contributed by atoms with Crippen molar-refractivity contribution in [3.05, 3.63) is 12.3 Å². The molecule has 1 rings (SSSR count). The average Bonchev–Trinajstić information content (AvgIpc) is 2.26. The van der Waals surface area contributed by atoms with Crippen LogP contribution in [0.25, 0.3) is 0 Å². The lowest BCUT2D eigenvalue weighted by atomic mass is 10.3. The summed E-state index contributed by atoms with van der Waals surface area (Å²) in [4.78, 5) is 10.6. The van der Waals surface area contributed by atoms with E-state index in [0.29, 0.717) is 17.8 Å². The first kappa shape index (κ1) is 12.7. The minimum absolute atomic E-state index is 0.307. The van der Waals surface area contributed by atoms with E-state index in [1.165, 1.54) is 0 Å². The lowest BCUT2D eigenvalue weighted by Gasteiger charge is -2.23. The number of aromatic nitrogens is 2.